The third-order valence-electron chi connectivity index (χ3n) is 4.58. The molecule has 0 spiro atoms. The van der Waals surface area contributed by atoms with Gasteiger partial charge in [0.15, 0.2) is 0 Å². The summed E-state index contributed by atoms with van der Waals surface area (Å²) in [5, 5.41) is 9.42. The molecule has 1 saturated carbocycles. The lowest BCUT2D eigenvalue weighted by atomic mass is 9.76. The Morgan fingerprint density at radius 1 is 1.21 bits per heavy atom. The SMILES string of the molecule is CNC1CC(C)CC(C)C1n1ncc2ccccc21. The van der Waals surface area contributed by atoms with Gasteiger partial charge in [0.2, 0.25) is 0 Å². The molecule has 0 aliphatic heterocycles. The Balaban J connectivity index is 2.03. The van der Waals surface area contributed by atoms with Crippen LogP contribution in [-0.4, -0.2) is 22.9 Å². The van der Waals surface area contributed by atoms with E-state index in [-0.39, 0.29) is 0 Å². The zero-order chi connectivity index (χ0) is 13.4. The van der Waals surface area contributed by atoms with Crippen LogP contribution in [0.2, 0.25) is 0 Å². The average molecular weight is 257 g/mol. The van der Waals surface area contributed by atoms with E-state index >= 15 is 0 Å². The highest BCUT2D eigenvalue weighted by Gasteiger charge is 2.35. The predicted octanol–water partition coefficient (Wildman–Crippen LogP) is 3.23. The fraction of sp³-hybridized carbons (Fsp3) is 0.562. The van der Waals surface area contributed by atoms with Crippen molar-refractivity contribution in [1.29, 1.82) is 0 Å². The van der Waals surface area contributed by atoms with Gasteiger partial charge in [-0.2, -0.15) is 5.10 Å². The monoisotopic (exact) mass is 257 g/mol. The molecule has 1 aliphatic carbocycles. The molecule has 3 heteroatoms. The second-order valence-electron chi connectivity index (χ2n) is 6.09. The molecule has 19 heavy (non-hydrogen) atoms. The van der Waals surface area contributed by atoms with Gasteiger partial charge in [-0.1, -0.05) is 32.0 Å². The Hall–Kier alpha value is -1.35. The van der Waals surface area contributed by atoms with E-state index in [1.165, 1.54) is 23.7 Å². The van der Waals surface area contributed by atoms with E-state index < -0.39 is 0 Å². The lowest BCUT2D eigenvalue weighted by Crippen LogP contribution is -2.44. The van der Waals surface area contributed by atoms with Gasteiger partial charge in [0.1, 0.15) is 0 Å². The predicted molar refractivity (Wildman–Crippen MR) is 79.2 cm³/mol. The zero-order valence-electron chi connectivity index (χ0n) is 12.0. The van der Waals surface area contributed by atoms with Crippen LogP contribution < -0.4 is 5.32 Å². The average Bonchev–Trinajstić information content (AvgIpc) is 2.81. The van der Waals surface area contributed by atoms with Crippen molar-refractivity contribution in [3.8, 4) is 0 Å². The van der Waals surface area contributed by atoms with Gasteiger partial charge in [0.05, 0.1) is 17.8 Å². The summed E-state index contributed by atoms with van der Waals surface area (Å²) < 4.78 is 2.24. The Kier molecular flexibility index (Phi) is 3.31. The number of para-hydroxylation sites is 1. The largest absolute Gasteiger partial charge is 0.315 e. The summed E-state index contributed by atoms with van der Waals surface area (Å²) in [6, 6.07) is 9.48. The van der Waals surface area contributed by atoms with Gasteiger partial charge >= 0.3 is 0 Å². The van der Waals surface area contributed by atoms with Crippen molar-refractivity contribution in [1.82, 2.24) is 15.1 Å². The van der Waals surface area contributed by atoms with Crippen LogP contribution in [0.5, 0.6) is 0 Å². The minimum Gasteiger partial charge on any atom is -0.315 e. The van der Waals surface area contributed by atoms with E-state index in [4.69, 9.17) is 0 Å². The standard InChI is InChI=1S/C16H23N3/c1-11-8-12(2)16(14(9-11)17-3)19-15-7-5-4-6-13(15)10-18-19/h4-7,10-12,14,16-17H,8-9H2,1-3H3. The molecule has 0 bridgehead atoms. The Morgan fingerprint density at radius 3 is 2.79 bits per heavy atom. The quantitative estimate of drug-likeness (QED) is 0.895. The molecule has 3 rings (SSSR count). The van der Waals surface area contributed by atoms with Crippen molar-refractivity contribution in [2.24, 2.45) is 11.8 Å². The molecule has 1 N–H and O–H groups in total. The Labute approximate surface area is 115 Å². The minimum absolute atomic E-state index is 0.459. The van der Waals surface area contributed by atoms with E-state index in [0.29, 0.717) is 18.0 Å². The van der Waals surface area contributed by atoms with Crippen LogP contribution in [-0.2, 0) is 0 Å². The number of fused-ring (bicyclic) bond motifs is 1. The van der Waals surface area contributed by atoms with Crippen LogP contribution in [0.25, 0.3) is 10.9 Å². The molecule has 1 aromatic heterocycles. The minimum atomic E-state index is 0.459. The molecule has 2 aromatic rings. The highest BCUT2D eigenvalue weighted by Crippen LogP contribution is 2.38. The lowest BCUT2D eigenvalue weighted by molar-refractivity contribution is 0.152. The lowest BCUT2D eigenvalue weighted by Gasteiger charge is -2.39. The number of rotatable bonds is 2. The number of hydrogen-bond donors (Lipinski definition) is 1. The summed E-state index contributed by atoms with van der Waals surface area (Å²) in [6.07, 6.45) is 4.52. The van der Waals surface area contributed by atoms with Gasteiger partial charge in [0, 0.05) is 11.4 Å². The second kappa shape index (κ2) is 4.97. The second-order valence-corrected chi connectivity index (χ2v) is 6.09. The fourth-order valence-electron chi connectivity index (χ4n) is 3.77. The van der Waals surface area contributed by atoms with E-state index in [1.807, 2.05) is 6.20 Å². The topological polar surface area (TPSA) is 29.9 Å². The maximum Gasteiger partial charge on any atom is 0.0704 e. The van der Waals surface area contributed by atoms with E-state index in [9.17, 15) is 0 Å². The molecule has 102 valence electrons. The highest BCUT2D eigenvalue weighted by atomic mass is 15.3. The number of nitrogens with zero attached hydrogens (tertiary/aromatic N) is 2. The fourth-order valence-corrected chi connectivity index (χ4v) is 3.77. The maximum absolute atomic E-state index is 4.67. The first kappa shape index (κ1) is 12.7. The first-order valence-corrected chi connectivity index (χ1v) is 7.30. The molecule has 1 aliphatic rings. The van der Waals surface area contributed by atoms with Gasteiger partial charge in [-0.15, -0.1) is 0 Å². The molecular weight excluding hydrogens is 234 g/mol. The van der Waals surface area contributed by atoms with Crippen LogP contribution in [0.15, 0.2) is 30.5 Å². The summed E-state index contributed by atoms with van der Waals surface area (Å²) >= 11 is 0. The number of nitrogens with one attached hydrogen (secondary N) is 1. The van der Waals surface area contributed by atoms with Crippen LogP contribution in [0.1, 0.15) is 32.7 Å². The van der Waals surface area contributed by atoms with Gasteiger partial charge in [-0.25, -0.2) is 0 Å². The molecular formula is C16H23N3. The molecule has 4 unspecified atom stereocenters. The molecule has 4 atom stereocenters. The first-order chi connectivity index (χ1) is 9.20. The number of likely N-dealkylation sites (N-methyl/N-ethyl adjacent to an activating group) is 1. The third kappa shape index (κ3) is 2.16. The summed E-state index contributed by atoms with van der Waals surface area (Å²) in [5.41, 5.74) is 1.26. The van der Waals surface area contributed by atoms with Crippen LogP contribution in [0.4, 0.5) is 0 Å². The molecule has 1 fully saturated rings. The molecule has 1 aromatic carbocycles. The summed E-state index contributed by atoms with van der Waals surface area (Å²) in [7, 11) is 2.08. The van der Waals surface area contributed by atoms with Gasteiger partial charge in [0.25, 0.3) is 0 Å². The normalized spacial score (nSPS) is 31.7. The number of aromatic nitrogens is 2. The molecule has 0 radical (unpaired) electrons. The Morgan fingerprint density at radius 2 is 2.00 bits per heavy atom. The van der Waals surface area contributed by atoms with Crippen molar-refractivity contribution in [3.63, 3.8) is 0 Å². The Bertz CT molecular complexity index is 560. The van der Waals surface area contributed by atoms with Crippen LogP contribution in [0, 0.1) is 11.8 Å². The van der Waals surface area contributed by atoms with Crippen molar-refractivity contribution in [2.45, 2.75) is 38.8 Å². The number of hydrogen-bond acceptors (Lipinski definition) is 2. The van der Waals surface area contributed by atoms with Crippen molar-refractivity contribution in [2.75, 3.05) is 7.05 Å². The maximum atomic E-state index is 4.67. The van der Waals surface area contributed by atoms with E-state index in [2.05, 4.69) is 60.3 Å². The first-order valence-electron chi connectivity index (χ1n) is 7.30. The molecule has 0 saturated heterocycles. The zero-order valence-corrected chi connectivity index (χ0v) is 12.0. The van der Waals surface area contributed by atoms with Gasteiger partial charge in [-0.3, -0.25) is 4.68 Å². The van der Waals surface area contributed by atoms with Crippen LogP contribution in [0.3, 0.4) is 0 Å². The molecule has 0 amide bonds. The summed E-state index contributed by atoms with van der Waals surface area (Å²) in [6.45, 7) is 4.72. The summed E-state index contributed by atoms with van der Waals surface area (Å²) in [4.78, 5) is 0. The molecule has 3 nitrogen and oxygen atoms in total. The van der Waals surface area contributed by atoms with Crippen molar-refractivity contribution in [3.05, 3.63) is 30.5 Å². The van der Waals surface area contributed by atoms with E-state index in [1.54, 1.807) is 0 Å². The number of benzene rings is 1. The highest BCUT2D eigenvalue weighted by molar-refractivity contribution is 5.78. The van der Waals surface area contributed by atoms with Crippen LogP contribution >= 0.6 is 0 Å². The van der Waals surface area contributed by atoms with Crippen molar-refractivity contribution >= 4 is 10.9 Å². The third-order valence-corrected chi connectivity index (χ3v) is 4.58. The van der Waals surface area contributed by atoms with Gasteiger partial charge in [-0.05, 0) is 37.8 Å². The van der Waals surface area contributed by atoms with Gasteiger partial charge < -0.3 is 5.32 Å². The van der Waals surface area contributed by atoms with Crippen molar-refractivity contribution < 1.29 is 0 Å². The van der Waals surface area contributed by atoms with E-state index in [0.717, 1.165) is 5.92 Å². The smallest absolute Gasteiger partial charge is 0.0704 e. The molecule has 1 heterocycles. The summed E-state index contributed by atoms with van der Waals surface area (Å²) in [5.74, 6) is 1.45.